The third-order valence-corrected chi connectivity index (χ3v) is 4.84. The van der Waals surface area contributed by atoms with E-state index in [1.165, 1.54) is 24.0 Å². The third-order valence-electron chi connectivity index (χ3n) is 4.84. The summed E-state index contributed by atoms with van der Waals surface area (Å²) in [4.78, 5) is 24.1. The first kappa shape index (κ1) is 18.2. The number of fused-ring (bicyclic) bond motifs is 1. The lowest BCUT2D eigenvalue weighted by molar-refractivity contribution is -0.124. The van der Waals surface area contributed by atoms with Gasteiger partial charge in [0.25, 0.3) is 5.91 Å². The van der Waals surface area contributed by atoms with Crippen LogP contribution < -0.4 is 5.32 Å². The van der Waals surface area contributed by atoms with E-state index in [1.54, 1.807) is 18.2 Å². The van der Waals surface area contributed by atoms with Gasteiger partial charge in [-0.05, 0) is 68.4 Å². The summed E-state index contributed by atoms with van der Waals surface area (Å²) in [5, 5.41) is 2.91. The summed E-state index contributed by atoms with van der Waals surface area (Å²) in [5.74, 6) is -0.776. The Balaban J connectivity index is 1.53. The first-order chi connectivity index (χ1) is 12.5. The number of carbonyl (C=O) groups excluding carboxylic acids is 2. The van der Waals surface area contributed by atoms with Crippen molar-refractivity contribution in [3.05, 3.63) is 70.3 Å². The van der Waals surface area contributed by atoms with Gasteiger partial charge in [0.05, 0.1) is 11.6 Å². The van der Waals surface area contributed by atoms with Crippen LogP contribution in [0.5, 0.6) is 0 Å². The molecule has 3 rings (SSSR count). The highest BCUT2D eigenvalue weighted by Crippen LogP contribution is 2.24. The average Bonchev–Trinajstić information content (AvgIpc) is 2.65. The van der Waals surface area contributed by atoms with E-state index in [0.29, 0.717) is 5.56 Å². The molecular formula is C22H25NO3. The Morgan fingerprint density at radius 3 is 2.62 bits per heavy atom. The van der Waals surface area contributed by atoms with Gasteiger partial charge in [0.1, 0.15) is 0 Å². The van der Waals surface area contributed by atoms with E-state index in [0.717, 1.165) is 24.0 Å². The number of nitrogens with one attached hydrogen (secondary N) is 1. The molecule has 0 saturated carbocycles. The zero-order valence-electron chi connectivity index (χ0n) is 15.4. The fraction of sp³-hybridized carbons (Fsp3) is 0.364. The van der Waals surface area contributed by atoms with E-state index < -0.39 is 5.97 Å². The monoisotopic (exact) mass is 351 g/mol. The lowest BCUT2D eigenvalue weighted by Gasteiger charge is -2.20. The summed E-state index contributed by atoms with van der Waals surface area (Å²) in [6.07, 6.45) is 4.74. The van der Waals surface area contributed by atoms with Crippen LogP contribution in [0, 0.1) is 6.92 Å². The molecule has 26 heavy (non-hydrogen) atoms. The second-order valence-electron chi connectivity index (χ2n) is 6.97. The highest BCUT2D eigenvalue weighted by Gasteiger charge is 2.15. The molecule has 1 N–H and O–H groups in total. The molecule has 2 aromatic rings. The summed E-state index contributed by atoms with van der Waals surface area (Å²) in [6.45, 7) is 3.58. The van der Waals surface area contributed by atoms with Crippen LogP contribution in [0.1, 0.15) is 58.4 Å². The van der Waals surface area contributed by atoms with Crippen LogP contribution in [0.15, 0.2) is 42.5 Å². The molecule has 4 nitrogen and oxygen atoms in total. The van der Waals surface area contributed by atoms with Gasteiger partial charge in [-0.3, -0.25) is 4.79 Å². The standard InChI is InChI=1S/C22H25NO3/c1-15-6-5-9-20(12-15)22(25)26-14-21(24)23-16(2)18-11-10-17-7-3-4-8-19(17)13-18/h5-6,9-13,16H,3-4,7-8,14H2,1-2H3,(H,23,24)/t16-/m1/s1. The molecule has 0 bridgehead atoms. The Morgan fingerprint density at radius 1 is 1.08 bits per heavy atom. The minimum atomic E-state index is -0.481. The smallest absolute Gasteiger partial charge is 0.338 e. The molecule has 1 aliphatic carbocycles. The molecule has 2 aromatic carbocycles. The maximum atomic E-state index is 12.1. The van der Waals surface area contributed by atoms with Crippen LogP contribution in [0.2, 0.25) is 0 Å². The molecule has 4 heteroatoms. The normalized spacial score (nSPS) is 14.2. The van der Waals surface area contributed by atoms with Crippen molar-refractivity contribution in [3.63, 3.8) is 0 Å². The summed E-state index contributed by atoms with van der Waals surface area (Å²) in [7, 11) is 0. The molecule has 0 spiro atoms. The molecule has 1 amide bonds. The maximum Gasteiger partial charge on any atom is 0.338 e. The molecule has 1 atom stereocenters. The van der Waals surface area contributed by atoms with Crippen LogP contribution in [0.25, 0.3) is 0 Å². The molecule has 136 valence electrons. The number of hydrogen-bond acceptors (Lipinski definition) is 3. The van der Waals surface area contributed by atoms with E-state index in [-0.39, 0.29) is 18.6 Å². The predicted molar refractivity (Wildman–Crippen MR) is 101 cm³/mol. The zero-order chi connectivity index (χ0) is 18.5. The average molecular weight is 351 g/mol. The molecule has 0 radical (unpaired) electrons. The van der Waals surface area contributed by atoms with Crippen LogP contribution in [0.3, 0.4) is 0 Å². The summed E-state index contributed by atoms with van der Waals surface area (Å²) in [6, 6.07) is 13.5. The number of carbonyl (C=O) groups is 2. The number of rotatable bonds is 5. The minimum Gasteiger partial charge on any atom is -0.452 e. The highest BCUT2D eigenvalue weighted by molar-refractivity contribution is 5.91. The fourth-order valence-corrected chi connectivity index (χ4v) is 3.38. The van der Waals surface area contributed by atoms with Gasteiger partial charge < -0.3 is 10.1 Å². The van der Waals surface area contributed by atoms with Gasteiger partial charge in [-0.2, -0.15) is 0 Å². The zero-order valence-corrected chi connectivity index (χ0v) is 15.4. The first-order valence-corrected chi connectivity index (χ1v) is 9.18. The number of amides is 1. The van der Waals surface area contributed by atoms with Gasteiger partial charge in [-0.15, -0.1) is 0 Å². The second-order valence-corrected chi connectivity index (χ2v) is 6.97. The Labute approximate surface area is 154 Å². The quantitative estimate of drug-likeness (QED) is 0.831. The second kappa shape index (κ2) is 8.17. The van der Waals surface area contributed by atoms with Crippen molar-refractivity contribution in [2.75, 3.05) is 6.61 Å². The Hall–Kier alpha value is -2.62. The van der Waals surface area contributed by atoms with Crippen molar-refractivity contribution in [3.8, 4) is 0 Å². The van der Waals surface area contributed by atoms with Crippen molar-refractivity contribution in [2.45, 2.75) is 45.6 Å². The van der Waals surface area contributed by atoms with Crippen LogP contribution >= 0.6 is 0 Å². The maximum absolute atomic E-state index is 12.1. The van der Waals surface area contributed by atoms with Gasteiger partial charge >= 0.3 is 5.97 Å². The number of esters is 1. The summed E-state index contributed by atoms with van der Waals surface area (Å²) < 4.78 is 5.12. The molecule has 0 aliphatic heterocycles. The largest absolute Gasteiger partial charge is 0.452 e. The Morgan fingerprint density at radius 2 is 1.85 bits per heavy atom. The van der Waals surface area contributed by atoms with Crippen molar-refractivity contribution in [2.24, 2.45) is 0 Å². The molecule has 0 heterocycles. The lowest BCUT2D eigenvalue weighted by atomic mass is 9.89. The van der Waals surface area contributed by atoms with Gasteiger partial charge in [0.2, 0.25) is 0 Å². The molecule has 0 unspecified atom stereocenters. The molecule has 1 aliphatic rings. The molecule has 0 saturated heterocycles. The lowest BCUT2D eigenvalue weighted by Crippen LogP contribution is -2.31. The van der Waals surface area contributed by atoms with Crippen molar-refractivity contribution in [1.29, 1.82) is 0 Å². The third kappa shape index (κ3) is 4.51. The number of aryl methyl sites for hydroxylation is 3. The van der Waals surface area contributed by atoms with E-state index in [1.807, 2.05) is 19.9 Å². The van der Waals surface area contributed by atoms with E-state index >= 15 is 0 Å². The number of hydrogen-bond donors (Lipinski definition) is 1. The van der Waals surface area contributed by atoms with Gasteiger partial charge in [-0.1, -0.05) is 35.9 Å². The van der Waals surface area contributed by atoms with Crippen molar-refractivity contribution in [1.82, 2.24) is 5.32 Å². The van der Waals surface area contributed by atoms with Crippen LogP contribution in [0.4, 0.5) is 0 Å². The van der Waals surface area contributed by atoms with Crippen molar-refractivity contribution < 1.29 is 14.3 Å². The van der Waals surface area contributed by atoms with Gasteiger partial charge in [0.15, 0.2) is 6.61 Å². The molecule has 0 aromatic heterocycles. The van der Waals surface area contributed by atoms with E-state index in [4.69, 9.17) is 4.74 Å². The number of benzene rings is 2. The van der Waals surface area contributed by atoms with Gasteiger partial charge in [0, 0.05) is 0 Å². The predicted octanol–water partition coefficient (Wildman–Crippen LogP) is 3.91. The fourth-order valence-electron chi connectivity index (χ4n) is 3.38. The highest BCUT2D eigenvalue weighted by atomic mass is 16.5. The van der Waals surface area contributed by atoms with Crippen LogP contribution in [-0.2, 0) is 22.4 Å². The molecule has 0 fully saturated rings. The SMILES string of the molecule is Cc1cccc(C(=O)OCC(=O)N[C@H](C)c2ccc3c(c2)CCCC3)c1. The Kier molecular flexibility index (Phi) is 5.71. The molecular weight excluding hydrogens is 326 g/mol. The van der Waals surface area contributed by atoms with Gasteiger partial charge in [-0.25, -0.2) is 4.79 Å². The minimum absolute atomic E-state index is 0.118. The summed E-state index contributed by atoms with van der Waals surface area (Å²) >= 11 is 0. The number of ether oxygens (including phenoxy) is 1. The first-order valence-electron chi connectivity index (χ1n) is 9.18. The van der Waals surface area contributed by atoms with E-state index in [9.17, 15) is 9.59 Å². The topological polar surface area (TPSA) is 55.4 Å². The van der Waals surface area contributed by atoms with Crippen molar-refractivity contribution >= 4 is 11.9 Å². The summed E-state index contributed by atoms with van der Waals surface area (Å²) in [5.41, 5.74) is 5.33. The van der Waals surface area contributed by atoms with Crippen LogP contribution in [-0.4, -0.2) is 18.5 Å². The van der Waals surface area contributed by atoms with E-state index in [2.05, 4.69) is 23.5 Å². The Bertz CT molecular complexity index is 813.